The van der Waals surface area contributed by atoms with Gasteiger partial charge < -0.3 is 5.32 Å². The average Bonchev–Trinajstić information content (AvgIpc) is 2.34. The molecule has 0 aliphatic heterocycles. The monoisotopic (exact) mass is 255 g/mol. The predicted octanol–water partition coefficient (Wildman–Crippen LogP) is 2.56. The molecule has 98 valence electrons. The number of benzene rings is 1. The SMILES string of the molecule is CC(C)(C)NC(=O)/C=C/c1cnc2ccccc2n1. The first-order chi connectivity index (χ1) is 8.94. The van der Waals surface area contributed by atoms with Crippen molar-refractivity contribution in [2.45, 2.75) is 26.3 Å². The van der Waals surface area contributed by atoms with Gasteiger partial charge in [0, 0.05) is 11.6 Å². The first-order valence-electron chi connectivity index (χ1n) is 6.16. The molecule has 1 N–H and O–H groups in total. The van der Waals surface area contributed by atoms with Crippen LogP contribution in [0, 0.1) is 0 Å². The molecule has 0 spiro atoms. The highest BCUT2D eigenvalue weighted by Crippen LogP contribution is 2.09. The van der Waals surface area contributed by atoms with Crippen LogP contribution in [0.2, 0.25) is 0 Å². The molecule has 0 fully saturated rings. The van der Waals surface area contributed by atoms with Crippen molar-refractivity contribution in [3.63, 3.8) is 0 Å². The Hall–Kier alpha value is -2.23. The van der Waals surface area contributed by atoms with E-state index in [1.165, 1.54) is 6.08 Å². The van der Waals surface area contributed by atoms with E-state index in [0.717, 1.165) is 11.0 Å². The van der Waals surface area contributed by atoms with Crippen LogP contribution in [0.1, 0.15) is 26.5 Å². The van der Waals surface area contributed by atoms with Gasteiger partial charge in [-0.15, -0.1) is 0 Å². The highest BCUT2D eigenvalue weighted by atomic mass is 16.1. The number of hydrogen-bond acceptors (Lipinski definition) is 3. The van der Waals surface area contributed by atoms with E-state index >= 15 is 0 Å². The lowest BCUT2D eigenvalue weighted by Gasteiger charge is -2.18. The van der Waals surface area contributed by atoms with Crippen LogP contribution >= 0.6 is 0 Å². The van der Waals surface area contributed by atoms with Gasteiger partial charge in [-0.05, 0) is 39.0 Å². The minimum Gasteiger partial charge on any atom is -0.348 e. The molecule has 0 aliphatic carbocycles. The van der Waals surface area contributed by atoms with Gasteiger partial charge in [0.1, 0.15) is 0 Å². The summed E-state index contributed by atoms with van der Waals surface area (Å²) in [7, 11) is 0. The largest absolute Gasteiger partial charge is 0.348 e. The number of carbonyl (C=O) groups is 1. The van der Waals surface area contributed by atoms with Crippen LogP contribution in [-0.2, 0) is 4.79 Å². The Morgan fingerprint density at radius 3 is 2.58 bits per heavy atom. The van der Waals surface area contributed by atoms with Crippen molar-refractivity contribution in [3.05, 3.63) is 42.2 Å². The number of fused-ring (bicyclic) bond motifs is 1. The molecule has 0 aliphatic rings. The van der Waals surface area contributed by atoms with E-state index in [0.29, 0.717) is 5.69 Å². The summed E-state index contributed by atoms with van der Waals surface area (Å²) in [6, 6.07) is 7.64. The number of hydrogen-bond donors (Lipinski definition) is 1. The summed E-state index contributed by atoms with van der Waals surface area (Å²) >= 11 is 0. The van der Waals surface area contributed by atoms with Crippen molar-refractivity contribution in [3.8, 4) is 0 Å². The molecule has 2 aromatic rings. The lowest BCUT2D eigenvalue weighted by molar-refractivity contribution is -0.117. The second kappa shape index (κ2) is 5.18. The number of nitrogens with one attached hydrogen (secondary N) is 1. The van der Waals surface area contributed by atoms with Gasteiger partial charge in [0.05, 0.1) is 22.9 Å². The Morgan fingerprint density at radius 1 is 1.21 bits per heavy atom. The van der Waals surface area contributed by atoms with Gasteiger partial charge in [0.2, 0.25) is 5.91 Å². The fraction of sp³-hybridized carbons (Fsp3) is 0.267. The van der Waals surface area contributed by atoms with E-state index in [9.17, 15) is 4.79 Å². The highest BCUT2D eigenvalue weighted by Gasteiger charge is 2.11. The molecule has 1 amide bonds. The van der Waals surface area contributed by atoms with E-state index in [2.05, 4.69) is 15.3 Å². The maximum atomic E-state index is 11.6. The third kappa shape index (κ3) is 3.88. The van der Waals surface area contributed by atoms with Gasteiger partial charge in [0.25, 0.3) is 0 Å². The first-order valence-corrected chi connectivity index (χ1v) is 6.16. The highest BCUT2D eigenvalue weighted by molar-refractivity contribution is 5.92. The van der Waals surface area contributed by atoms with Crippen molar-refractivity contribution in [2.24, 2.45) is 0 Å². The Kier molecular flexibility index (Phi) is 3.60. The van der Waals surface area contributed by atoms with Gasteiger partial charge in [0.15, 0.2) is 0 Å². The summed E-state index contributed by atoms with van der Waals surface area (Å²) in [4.78, 5) is 20.4. The average molecular weight is 255 g/mol. The maximum absolute atomic E-state index is 11.6. The molecule has 1 aromatic carbocycles. The van der Waals surface area contributed by atoms with E-state index in [1.807, 2.05) is 45.0 Å². The minimum atomic E-state index is -0.240. The van der Waals surface area contributed by atoms with E-state index < -0.39 is 0 Å². The molecular weight excluding hydrogens is 238 g/mol. The Labute approximate surface area is 112 Å². The van der Waals surface area contributed by atoms with Crippen molar-refractivity contribution in [2.75, 3.05) is 0 Å². The first kappa shape index (κ1) is 13.2. The quantitative estimate of drug-likeness (QED) is 0.839. The minimum absolute atomic E-state index is 0.137. The summed E-state index contributed by atoms with van der Waals surface area (Å²) in [6.07, 6.45) is 4.80. The van der Waals surface area contributed by atoms with Gasteiger partial charge in [-0.2, -0.15) is 0 Å². The Balaban J connectivity index is 2.15. The molecular formula is C15H17N3O. The summed E-state index contributed by atoms with van der Waals surface area (Å²) < 4.78 is 0. The molecule has 0 unspecified atom stereocenters. The van der Waals surface area contributed by atoms with Crippen molar-refractivity contribution in [1.82, 2.24) is 15.3 Å². The van der Waals surface area contributed by atoms with E-state index in [4.69, 9.17) is 0 Å². The number of para-hydroxylation sites is 2. The third-order valence-corrected chi connectivity index (χ3v) is 2.37. The van der Waals surface area contributed by atoms with Crippen molar-refractivity contribution in [1.29, 1.82) is 0 Å². The molecule has 0 bridgehead atoms. The molecule has 0 saturated carbocycles. The van der Waals surface area contributed by atoms with Crippen LogP contribution in [0.5, 0.6) is 0 Å². The molecule has 4 heteroatoms. The molecule has 1 aromatic heterocycles. The molecule has 0 saturated heterocycles. The van der Waals surface area contributed by atoms with Crippen LogP contribution in [0.25, 0.3) is 17.1 Å². The molecule has 1 heterocycles. The van der Waals surface area contributed by atoms with Crippen molar-refractivity contribution >= 4 is 23.0 Å². The second-order valence-corrected chi connectivity index (χ2v) is 5.36. The topological polar surface area (TPSA) is 54.9 Å². The fourth-order valence-electron chi connectivity index (χ4n) is 1.62. The maximum Gasteiger partial charge on any atom is 0.244 e. The fourth-order valence-corrected chi connectivity index (χ4v) is 1.62. The Bertz CT molecular complexity index is 627. The summed E-state index contributed by atoms with van der Waals surface area (Å²) in [6.45, 7) is 5.82. The lowest BCUT2D eigenvalue weighted by Crippen LogP contribution is -2.39. The molecule has 19 heavy (non-hydrogen) atoms. The molecule has 0 atom stereocenters. The Morgan fingerprint density at radius 2 is 1.89 bits per heavy atom. The van der Waals surface area contributed by atoms with Crippen LogP contribution in [0.4, 0.5) is 0 Å². The zero-order valence-corrected chi connectivity index (χ0v) is 11.3. The summed E-state index contributed by atoms with van der Waals surface area (Å²) in [5, 5.41) is 2.85. The molecule has 0 radical (unpaired) electrons. The van der Waals surface area contributed by atoms with Crippen LogP contribution in [0.3, 0.4) is 0 Å². The van der Waals surface area contributed by atoms with Crippen LogP contribution in [0.15, 0.2) is 36.5 Å². The number of nitrogens with zero attached hydrogens (tertiary/aromatic N) is 2. The number of amides is 1. The van der Waals surface area contributed by atoms with Gasteiger partial charge in [-0.3, -0.25) is 9.78 Å². The zero-order chi connectivity index (χ0) is 13.9. The number of carbonyl (C=O) groups excluding carboxylic acids is 1. The second-order valence-electron chi connectivity index (χ2n) is 5.36. The number of aromatic nitrogens is 2. The van der Waals surface area contributed by atoms with E-state index in [1.54, 1.807) is 12.3 Å². The van der Waals surface area contributed by atoms with E-state index in [-0.39, 0.29) is 11.4 Å². The van der Waals surface area contributed by atoms with Crippen LogP contribution < -0.4 is 5.32 Å². The summed E-state index contributed by atoms with van der Waals surface area (Å²) in [5.74, 6) is -0.137. The standard InChI is InChI=1S/C15H17N3O/c1-15(2,3)18-14(19)9-8-11-10-16-12-6-4-5-7-13(12)17-11/h4-10H,1-3H3,(H,18,19)/b9-8+. The smallest absolute Gasteiger partial charge is 0.244 e. The van der Waals surface area contributed by atoms with Crippen LogP contribution in [-0.4, -0.2) is 21.4 Å². The summed E-state index contributed by atoms with van der Waals surface area (Å²) in [5.41, 5.74) is 2.10. The predicted molar refractivity (Wildman–Crippen MR) is 76.5 cm³/mol. The van der Waals surface area contributed by atoms with Gasteiger partial charge in [-0.1, -0.05) is 12.1 Å². The van der Waals surface area contributed by atoms with Crippen molar-refractivity contribution < 1.29 is 4.79 Å². The third-order valence-electron chi connectivity index (χ3n) is 2.37. The number of rotatable bonds is 2. The normalized spacial score (nSPS) is 11.9. The zero-order valence-electron chi connectivity index (χ0n) is 11.3. The van der Waals surface area contributed by atoms with Gasteiger partial charge in [-0.25, -0.2) is 4.98 Å². The lowest BCUT2D eigenvalue weighted by atomic mass is 10.1. The molecule has 4 nitrogen and oxygen atoms in total. The van der Waals surface area contributed by atoms with Gasteiger partial charge >= 0.3 is 0 Å². The molecule has 2 rings (SSSR count).